The van der Waals surface area contributed by atoms with Crippen LogP contribution in [-0.2, 0) is 0 Å². The zero-order valence-corrected chi connectivity index (χ0v) is 13.8. The van der Waals surface area contributed by atoms with Gasteiger partial charge in [0.25, 0.3) is 5.91 Å². The summed E-state index contributed by atoms with van der Waals surface area (Å²) in [4.78, 5) is 14.9. The number of fused-ring (bicyclic) bond motifs is 3. The van der Waals surface area contributed by atoms with Crippen LogP contribution in [-0.4, -0.2) is 37.1 Å². The Labute approximate surface area is 141 Å². The number of anilines is 1. The van der Waals surface area contributed by atoms with Crippen LogP contribution in [0.25, 0.3) is 11.0 Å². The maximum atomic E-state index is 12.6. The normalized spacial score (nSPS) is 28.8. The highest BCUT2D eigenvalue weighted by Gasteiger charge is 2.39. The van der Waals surface area contributed by atoms with Gasteiger partial charge in [0.1, 0.15) is 5.58 Å². The van der Waals surface area contributed by atoms with Gasteiger partial charge in [-0.3, -0.25) is 4.79 Å². The van der Waals surface area contributed by atoms with E-state index in [0.717, 1.165) is 41.9 Å². The number of hydrogen-bond donors (Lipinski definition) is 2. The predicted molar refractivity (Wildman–Crippen MR) is 93.5 cm³/mol. The number of rotatable bonds is 3. The predicted octanol–water partition coefficient (Wildman–Crippen LogP) is 2.66. The molecule has 2 bridgehead atoms. The molecule has 1 amide bonds. The minimum atomic E-state index is 0.0279. The summed E-state index contributed by atoms with van der Waals surface area (Å²) in [5, 5.41) is 7.78. The molecule has 0 unspecified atom stereocenters. The molecular formula is C19H23N3O2. The van der Waals surface area contributed by atoms with Gasteiger partial charge in [0.05, 0.1) is 0 Å². The van der Waals surface area contributed by atoms with Crippen molar-refractivity contribution in [1.29, 1.82) is 0 Å². The van der Waals surface area contributed by atoms with Crippen molar-refractivity contribution in [2.24, 2.45) is 0 Å². The summed E-state index contributed by atoms with van der Waals surface area (Å²) in [6, 6.07) is 9.14. The van der Waals surface area contributed by atoms with Gasteiger partial charge in [0.2, 0.25) is 0 Å². The van der Waals surface area contributed by atoms with Crippen molar-refractivity contribution in [3.05, 3.63) is 29.8 Å². The lowest BCUT2D eigenvalue weighted by molar-refractivity contribution is 0.0931. The van der Waals surface area contributed by atoms with Gasteiger partial charge in [0.15, 0.2) is 5.88 Å². The maximum Gasteiger partial charge on any atom is 0.251 e. The third kappa shape index (κ3) is 2.38. The number of amides is 1. The van der Waals surface area contributed by atoms with Crippen molar-refractivity contribution in [3.8, 4) is 0 Å². The molecule has 126 valence electrons. The summed E-state index contributed by atoms with van der Waals surface area (Å²) in [7, 11) is 0. The molecule has 5 rings (SSSR count). The molecule has 4 heterocycles. The molecule has 24 heavy (non-hydrogen) atoms. The van der Waals surface area contributed by atoms with Gasteiger partial charge in [-0.2, -0.15) is 0 Å². The molecule has 0 saturated carbocycles. The van der Waals surface area contributed by atoms with Gasteiger partial charge in [-0.25, -0.2) is 0 Å². The van der Waals surface area contributed by atoms with Gasteiger partial charge >= 0.3 is 0 Å². The summed E-state index contributed by atoms with van der Waals surface area (Å²) in [5.41, 5.74) is 1.58. The second-order valence-electron chi connectivity index (χ2n) is 7.39. The number of carbonyl (C=O) groups excluding carboxylic acids is 1. The van der Waals surface area contributed by atoms with Crippen molar-refractivity contribution in [1.82, 2.24) is 10.6 Å². The Balaban J connectivity index is 1.35. The van der Waals surface area contributed by atoms with Crippen LogP contribution in [0, 0.1) is 0 Å². The first kappa shape index (κ1) is 14.3. The zero-order chi connectivity index (χ0) is 16.1. The lowest BCUT2D eigenvalue weighted by Gasteiger charge is -2.21. The van der Waals surface area contributed by atoms with E-state index in [0.29, 0.717) is 12.1 Å². The molecule has 1 aromatic heterocycles. The summed E-state index contributed by atoms with van der Waals surface area (Å²) >= 11 is 0. The molecule has 2 aromatic rings. The Bertz CT molecular complexity index is 778. The second-order valence-corrected chi connectivity index (χ2v) is 7.39. The Morgan fingerprint density at radius 1 is 1.21 bits per heavy atom. The summed E-state index contributed by atoms with van der Waals surface area (Å²) in [6.45, 7) is 2.12. The fourth-order valence-corrected chi connectivity index (χ4v) is 4.50. The Morgan fingerprint density at radius 3 is 2.83 bits per heavy atom. The third-order valence-corrected chi connectivity index (χ3v) is 5.80. The molecular weight excluding hydrogens is 302 g/mol. The van der Waals surface area contributed by atoms with E-state index in [1.54, 1.807) is 0 Å². The number of benzene rings is 1. The molecule has 3 fully saturated rings. The van der Waals surface area contributed by atoms with E-state index in [9.17, 15) is 4.79 Å². The lowest BCUT2D eigenvalue weighted by Crippen LogP contribution is -2.42. The van der Waals surface area contributed by atoms with E-state index in [4.69, 9.17) is 4.42 Å². The van der Waals surface area contributed by atoms with Crippen molar-refractivity contribution in [3.63, 3.8) is 0 Å². The van der Waals surface area contributed by atoms with Gasteiger partial charge < -0.3 is 20.0 Å². The molecule has 0 spiro atoms. The standard InChI is InChI=1S/C19H23N3O2/c23-19(21-16-11-14-4-5-15(16)20-14)12-3-6-17-13(9-12)10-18(24-17)22-7-1-2-8-22/h3,6,9-10,14-16,20H,1-2,4-5,7-8,11H2,(H,21,23)/t14-,15+,16-/m1/s1. The highest BCUT2D eigenvalue weighted by Crippen LogP contribution is 2.30. The van der Waals surface area contributed by atoms with Crippen LogP contribution in [0.15, 0.2) is 28.7 Å². The van der Waals surface area contributed by atoms with Crippen molar-refractivity contribution in [2.45, 2.75) is 50.2 Å². The molecule has 3 aliphatic heterocycles. The van der Waals surface area contributed by atoms with Crippen LogP contribution >= 0.6 is 0 Å². The van der Waals surface area contributed by atoms with Gasteiger partial charge in [-0.15, -0.1) is 0 Å². The number of nitrogens with one attached hydrogen (secondary N) is 2. The highest BCUT2D eigenvalue weighted by molar-refractivity contribution is 5.98. The number of nitrogens with zero attached hydrogens (tertiary/aromatic N) is 1. The minimum absolute atomic E-state index is 0.0279. The van der Waals surface area contributed by atoms with Crippen LogP contribution < -0.4 is 15.5 Å². The number of furan rings is 1. The third-order valence-electron chi connectivity index (χ3n) is 5.80. The summed E-state index contributed by atoms with van der Waals surface area (Å²) in [6.07, 6.45) is 5.93. The SMILES string of the molecule is O=C(N[C@@H]1C[C@H]2CC[C@@H]1N2)c1ccc2oc(N3CCCC3)cc2c1. The van der Waals surface area contributed by atoms with Crippen LogP contribution in [0.5, 0.6) is 0 Å². The van der Waals surface area contributed by atoms with Gasteiger partial charge in [-0.05, 0) is 50.3 Å². The quantitative estimate of drug-likeness (QED) is 0.911. The van der Waals surface area contributed by atoms with Crippen molar-refractivity contribution < 1.29 is 9.21 Å². The summed E-state index contributed by atoms with van der Waals surface area (Å²) in [5.74, 6) is 0.956. The zero-order valence-electron chi connectivity index (χ0n) is 13.8. The molecule has 3 atom stereocenters. The monoisotopic (exact) mass is 325 g/mol. The summed E-state index contributed by atoms with van der Waals surface area (Å²) < 4.78 is 5.94. The minimum Gasteiger partial charge on any atom is -0.441 e. The molecule has 5 heteroatoms. The molecule has 3 aliphatic rings. The first-order valence-corrected chi connectivity index (χ1v) is 9.12. The molecule has 2 N–H and O–H groups in total. The van der Waals surface area contributed by atoms with Crippen LogP contribution in [0.3, 0.4) is 0 Å². The van der Waals surface area contributed by atoms with E-state index < -0.39 is 0 Å². The van der Waals surface area contributed by atoms with E-state index >= 15 is 0 Å². The molecule has 0 radical (unpaired) electrons. The van der Waals surface area contributed by atoms with E-state index in [1.807, 2.05) is 18.2 Å². The molecule has 0 aliphatic carbocycles. The smallest absolute Gasteiger partial charge is 0.251 e. The molecule has 1 aromatic carbocycles. The first-order chi connectivity index (χ1) is 11.8. The van der Waals surface area contributed by atoms with E-state index in [2.05, 4.69) is 21.6 Å². The lowest BCUT2D eigenvalue weighted by atomic mass is 9.95. The fourth-order valence-electron chi connectivity index (χ4n) is 4.50. The molecule has 3 saturated heterocycles. The second kappa shape index (κ2) is 5.52. The Kier molecular flexibility index (Phi) is 3.30. The number of hydrogen-bond acceptors (Lipinski definition) is 4. The van der Waals surface area contributed by atoms with Crippen molar-refractivity contribution in [2.75, 3.05) is 18.0 Å². The van der Waals surface area contributed by atoms with E-state index in [1.165, 1.54) is 25.7 Å². The van der Waals surface area contributed by atoms with Gasteiger partial charge in [-0.1, -0.05) is 0 Å². The molecule has 5 nitrogen and oxygen atoms in total. The first-order valence-electron chi connectivity index (χ1n) is 9.12. The maximum absolute atomic E-state index is 12.6. The Hall–Kier alpha value is -2.01. The Morgan fingerprint density at radius 2 is 2.08 bits per heavy atom. The van der Waals surface area contributed by atoms with E-state index in [-0.39, 0.29) is 11.9 Å². The highest BCUT2D eigenvalue weighted by atomic mass is 16.4. The topological polar surface area (TPSA) is 57.5 Å². The van der Waals surface area contributed by atoms with Crippen molar-refractivity contribution >= 4 is 22.8 Å². The van der Waals surface area contributed by atoms with Crippen LogP contribution in [0.1, 0.15) is 42.5 Å². The van der Waals surface area contributed by atoms with Crippen LogP contribution in [0.2, 0.25) is 0 Å². The fraction of sp³-hybridized carbons (Fsp3) is 0.526. The average molecular weight is 325 g/mol. The average Bonchev–Trinajstić information content (AvgIpc) is 3.35. The largest absolute Gasteiger partial charge is 0.441 e. The number of carbonyl (C=O) groups is 1. The van der Waals surface area contributed by atoms with Gasteiger partial charge in [0, 0.05) is 48.2 Å². The van der Waals surface area contributed by atoms with Crippen LogP contribution in [0.4, 0.5) is 5.88 Å².